The van der Waals surface area contributed by atoms with Gasteiger partial charge in [0.15, 0.2) is 5.82 Å². The predicted molar refractivity (Wildman–Crippen MR) is 205 cm³/mol. The van der Waals surface area contributed by atoms with Crippen molar-refractivity contribution in [3.63, 3.8) is 0 Å². The molecule has 0 bridgehead atoms. The van der Waals surface area contributed by atoms with Gasteiger partial charge in [0.25, 0.3) is 0 Å². The van der Waals surface area contributed by atoms with Gasteiger partial charge in [-0.05, 0) is 59.7 Å². The summed E-state index contributed by atoms with van der Waals surface area (Å²) >= 11 is 0. The Balaban J connectivity index is 1.26. The van der Waals surface area contributed by atoms with E-state index >= 15 is 0 Å². The molecule has 0 N–H and O–H groups in total. The molecule has 4 heteroatoms. The average Bonchev–Trinajstić information content (AvgIpc) is 3.75. The van der Waals surface area contributed by atoms with Crippen molar-refractivity contribution in [3.8, 4) is 50.7 Å². The molecule has 4 nitrogen and oxygen atoms in total. The molecule has 7 aromatic carbocycles. The van der Waals surface area contributed by atoms with E-state index in [9.17, 15) is 0 Å². The van der Waals surface area contributed by atoms with Crippen molar-refractivity contribution >= 4 is 43.7 Å². The number of furan rings is 1. The Kier molecular flexibility index (Phi) is 6.46. The Morgan fingerprint density at radius 2 is 1.02 bits per heavy atom. The molecule has 10 rings (SSSR count). The number of fused-ring (bicyclic) bond motifs is 6. The fourth-order valence-corrected chi connectivity index (χ4v) is 7.36. The summed E-state index contributed by atoms with van der Waals surface area (Å²) in [7, 11) is 0. The lowest BCUT2D eigenvalue weighted by Crippen LogP contribution is -1.97. The minimum absolute atomic E-state index is 0.659. The molecular formula is C46H29N3O. The van der Waals surface area contributed by atoms with Crippen molar-refractivity contribution in [2.24, 2.45) is 0 Å². The molecule has 0 saturated carbocycles. The van der Waals surface area contributed by atoms with Crippen LogP contribution < -0.4 is 0 Å². The van der Waals surface area contributed by atoms with Crippen molar-refractivity contribution in [3.05, 3.63) is 176 Å². The van der Waals surface area contributed by atoms with Crippen LogP contribution in [-0.4, -0.2) is 14.5 Å². The lowest BCUT2D eigenvalue weighted by molar-refractivity contribution is 0.670. The van der Waals surface area contributed by atoms with Crippen LogP contribution in [0.2, 0.25) is 0 Å². The normalized spacial score (nSPS) is 11.6. The first kappa shape index (κ1) is 28.3. The van der Waals surface area contributed by atoms with Crippen molar-refractivity contribution < 1.29 is 4.42 Å². The smallest absolute Gasteiger partial charge is 0.160 e. The molecule has 0 spiro atoms. The maximum Gasteiger partial charge on any atom is 0.160 e. The van der Waals surface area contributed by atoms with Crippen LogP contribution in [-0.2, 0) is 0 Å². The number of nitrogens with zero attached hydrogens (tertiary/aromatic N) is 3. The molecular weight excluding hydrogens is 611 g/mol. The number of rotatable bonds is 5. The molecule has 0 unspecified atom stereocenters. The Hall–Kier alpha value is -6.78. The second kappa shape index (κ2) is 11.4. The minimum Gasteiger partial charge on any atom is -0.455 e. The largest absolute Gasteiger partial charge is 0.455 e. The zero-order valence-electron chi connectivity index (χ0n) is 27.0. The van der Waals surface area contributed by atoms with Crippen molar-refractivity contribution in [2.75, 3.05) is 0 Å². The summed E-state index contributed by atoms with van der Waals surface area (Å²) in [6.45, 7) is 0. The number of para-hydroxylation sites is 4. The molecule has 3 heterocycles. The molecule has 50 heavy (non-hydrogen) atoms. The fourth-order valence-electron chi connectivity index (χ4n) is 7.36. The van der Waals surface area contributed by atoms with E-state index in [2.05, 4.69) is 162 Å². The van der Waals surface area contributed by atoms with Gasteiger partial charge < -0.3 is 8.98 Å². The number of hydrogen-bond donors (Lipinski definition) is 0. The van der Waals surface area contributed by atoms with Gasteiger partial charge in [0.05, 0.1) is 22.4 Å². The first-order valence-electron chi connectivity index (χ1n) is 16.8. The van der Waals surface area contributed by atoms with Crippen LogP contribution in [0, 0.1) is 0 Å². The molecule has 3 aromatic heterocycles. The van der Waals surface area contributed by atoms with E-state index in [0.29, 0.717) is 5.82 Å². The van der Waals surface area contributed by atoms with Crippen LogP contribution in [0.1, 0.15) is 0 Å². The molecule has 0 amide bonds. The van der Waals surface area contributed by atoms with Gasteiger partial charge in [-0.15, -0.1) is 0 Å². The average molecular weight is 640 g/mol. The van der Waals surface area contributed by atoms with Gasteiger partial charge in [-0.25, -0.2) is 9.97 Å². The first-order chi connectivity index (χ1) is 24.8. The molecule has 0 aliphatic heterocycles. The molecule has 234 valence electrons. The van der Waals surface area contributed by atoms with Gasteiger partial charge in [-0.1, -0.05) is 127 Å². The molecule has 0 fully saturated rings. The Labute approximate surface area is 288 Å². The minimum atomic E-state index is 0.659. The third-order valence-corrected chi connectivity index (χ3v) is 9.62. The fraction of sp³-hybridized carbons (Fsp3) is 0. The predicted octanol–water partition coefficient (Wildman–Crippen LogP) is 12.1. The van der Waals surface area contributed by atoms with Gasteiger partial charge in [0.1, 0.15) is 11.2 Å². The quantitative estimate of drug-likeness (QED) is 0.188. The lowest BCUT2D eigenvalue weighted by Gasteiger charge is -2.12. The summed E-state index contributed by atoms with van der Waals surface area (Å²) in [5, 5.41) is 4.49. The van der Waals surface area contributed by atoms with E-state index < -0.39 is 0 Å². The monoisotopic (exact) mass is 639 g/mol. The van der Waals surface area contributed by atoms with Crippen LogP contribution in [0.4, 0.5) is 0 Å². The molecule has 0 atom stereocenters. The Morgan fingerprint density at radius 1 is 0.420 bits per heavy atom. The summed E-state index contributed by atoms with van der Waals surface area (Å²) in [5.41, 5.74) is 11.9. The van der Waals surface area contributed by atoms with E-state index in [-0.39, 0.29) is 0 Å². The molecule has 0 aliphatic carbocycles. The highest BCUT2D eigenvalue weighted by atomic mass is 16.3. The van der Waals surface area contributed by atoms with Gasteiger partial charge in [-0.2, -0.15) is 0 Å². The van der Waals surface area contributed by atoms with Crippen LogP contribution in [0.5, 0.6) is 0 Å². The third kappa shape index (κ3) is 4.54. The summed E-state index contributed by atoms with van der Waals surface area (Å²) in [4.78, 5) is 10.6. The van der Waals surface area contributed by atoms with Gasteiger partial charge in [0.2, 0.25) is 0 Å². The van der Waals surface area contributed by atoms with E-state index in [1.165, 1.54) is 5.39 Å². The van der Waals surface area contributed by atoms with Crippen LogP contribution in [0.15, 0.2) is 180 Å². The van der Waals surface area contributed by atoms with E-state index in [0.717, 1.165) is 83.3 Å². The molecule has 0 saturated heterocycles. The highest BCUT2D eigenvalue weighted by molar-refractivity contribution is 6.16. The van der Waals surface area contributed by atoms with Crippen LogP contribution in [0.25, 0.3) is 94.5 Å². The van der Waals surface area contributed by atoms with Crippen molar-refractivity contribution in [1.82, 2.24) is 14.5 Å². The van der Waals surface area contributed by atoms with E-state index in [1.54, 1.807) is 0 Å². The van der Waals surface area contributed by atoms with Gasteiger partial charge in [0, 0.05) is 43.9 Å². The van der Waals surface area contributed by atoms with Gasteiger partial charge >= 0.3 is 0 Å². The third-order valence-electron chi connectivity index (χ3n) is 9.62. The van der Waals surface area contributed by atoms with E-state index in [1.807, 2.05) is 18.2 Å². The summed E-state index contributed by atoms with van der Waals surface area (Å²) < 4.78 is 8.87. The molecule has 10 aromatic rings. The van der Waals surface area contributed by atoms with E-state index in [4.69, 9.17) is 14.4 Å². The maximum absolute atomic E-state index is 6.52. The Bertz CT molecular complexity index is 2870. The highest BCUT2D eigenvalue weighted by Gasteiger charge is 2.20. The molecule has 0 radical (unpaired) electrons. The summed E-state index contributed by atoms with van der Waals surface area (Å²) in [6, 6.07) is 61.3. The molecule has 0 aliphatic rings. The zero-order chi connectivity index (χ0) is 33.0. The van der Waals surface area contributed by atoms with Crippen LogP contribution in [0.3, 0.4) is 0 Å². The van der Waals surface area contributed by atoms with Crippen LogP contribution >= 0.6 is 0 Å². The number of hydrogen-bond acceptors (Lipinski definition) is 3. The summed E-state index contributed by atoms with van der Waals surface area (Å²) in [6.07, 6.45) is 0. The zero-order valence-corrected chi connectivity index (χ0v) is 27.0. The maximum atomic E-state index is 6.52. The van der Waals surface area contributed by atoms with Crippen molar-refractivity contribution in [2.45, 2.75) is 0 Å². The first-order valence-corrected chi connectivity index (χ1v) is 16.8. The number of aromatic nitrogens is 3. The topological polar surface area (TPSA) is 43.9 Å². The van der Waals surface area contributed by atoms with Gasteiger partial charge in [-0.3, -0.25) is 0 Å². The second-order valence-corrected chi connectivity index (χ2v) is 12.6. The highest BCUT2D eigenvalue weighted by Crippen LogP contribution is 2.41. The number of benzene rings is 7. The summed E-state index contributed by atoms with van der Waals surface area (Å²) in [5.74, 6) is 0.659. The SMILES string of the molecule is c1ccc(-c2cccc(-c3nc(-c4cccc5c4oc4ccccc45)cc(-c4cccc5c4c4ccccc4n5-c4ccccc4)n3)c2)cc1. The lowest BCUT2D eigenvalue weighted by atomic mass is 10.00. The van der Waals surface area contributed by atoms with Crippen molar-refractivity contribution in [1.29, 1.82) is 0 Å². The Morgan fingerprint density at radius 3 is 1.88 bits per heavy atom. The standard InChI is InChI=1S/C46H29N3O/c1-3-14-30(15-4-1)31-16-11-17-32(28-31)46-47-39(29-40(48-46)37-24-12-22-35-34-20-8-10-27-43(34)50-45(35)37)36-23-13-26-42-44(36)38-21-7-9-25-41(38)49(42)33-18-5-2-6-19-33/h1-29H. The second-order valence-electron chi connectivity index (χ2n) is 12.6.